The Hall–Kier alpha value is -2.11. The van der Waals surface area contributed by atoms with Gasteiger partial charge in [-0.25, -0.2) is 0 Å². The predicted octanol–water partition coefficient (Wildman–Crippen LogP) is 2.45. The van der Waals surface area contributed by atoms with Gasteiger partial charge in [-0.3, -0.25) is 9.59 Å². The third-order valence-electron chi connectivity index (χ3n) is 3.92. The number of benzene rings is 2. The topological polar surface area (TPSA) is 81.4 Å². The molecular weight excluding hydrogens is 340 g/mol. The molecule has 1 unspecified atom stereocenters. The van der Waals surface area contributed by atoms with Crippen molar-refractivity contribution in [3.05, 3.63) is 48.0 Å². The van der Waals surface area contributed by atoms with E-state index >= 15 is 0 Å². The first-order valence-electron chi connectivity index (χ1n) is 7.94. The van der Waals surface area contributed by atoms with Crippen molar-refractivity contribution in [1.29, 1.82) is 0 Å². The van der Waals surface area contributed by atoms with Crippen molar-refractivity contribution in [3.8, 4) is 0 Å². The van der Waals surface area contributed by atoms with Crippen LogP contribution in [-0.4, -0.2) is 31.1 Å². The molecule has 1 amide bonds. The Morgan fingerprint density at radius 1 is 1.16 bits per heavy atom. The minimum absolute atomic E-state index is 0. The maximum atomic E-state index is 12.0. The summed E-state index contributed by atoms with van der Waals surface area (Å²) >= 11 is 0. The van der Waals surface area contributed by atoms with Crippen LogP contribution in [0.3, 0.4) is 0 Å². The number of nitrogens with two attached hydrogens (primary N) is 1. The van der Waals surface area contributed by atoms with Gasteiger partial charge in [0.15, 0.2) is 0 Å². The Morgan fingerprint density at radius 3 is 2.40 bits per heavy atom. The molecule has 5 nitrogen and oxygen atoms in total. The number of rotatable bonds is 6. The molecule has 2 aromatic rings. The minimum Gasteiger partial charge on any atom is -0.469 e. The Morgan fingerprint density at radius 2 is 1.80 bits per heavy atom. The molecule has 0 aliphatic rings. The van der Waals surface area contributed by atoms with Crippen LogP contribution in [0.1, 0.15) is 19.4 Å². The normalized spacial score (nSPS) is 12.2. The number of carbonyl (C=O) groups excluding carboxylic acids is 2. The molecule has 0 bridgehead atoms. The molecule has 3 N–H and O–H groups in total. The number of carbonyl (C=O) groups is 2. The molecule has 1 atom stereocenters. The highest BCUT2D eigenvalue weighted by molar-refractivity contribution is 5.86. The maximum absolute atomic E-state index is 12.0. The lowest BCUT2D eigenvalue weighted by Gasteiger charge is -2.21. The van der Waals surface area contributed by atoms with Crippen LogP contribution >= 0.6 is 12.4 Å². The lowest BCUT2D eigenvalue weighted by molar-refractivity contribution is -0.145. The number of fused-ring (bicyclic) bond motifs is 1. The second kappa shape index (κ2) is 8.83. The summed E-state index contributed by atoms with van der Waals surface area (Å²) in [6.07, 6.45) is 0.489. The van der Waals surface area contributed by atoms with Crippen molar-refractivity contribution in [2.24, 2.45) is 11.7 Å². The number of nitrogens with one attached hydrogen (secondary N) is 1. The van der Waals surface area contributed by atoms with E-state index in [4.69, 9.17) is 10.5 Å². The fraction of sp³-hybridized carbons (Fsp3) is 0.368. The summed E-state index contributed by atoms with van der Waals surface area (Å²) < 4.78 is 4.87. The molecule has 136 valence electrons. The minimum atomic E-state index is -0.983. The zero-order valence-corrected chi connectivity index (χ0v) is 15.6. The molecule has 2 aromatic carbocycles. The van der Waals surface area contributed by atoms with E-state index in [0.29, 0.717) is 6.42 Å². The van der Waals surface area contributed by atoms with Crippen LogP contribution in [0.4, 0.5) is 0 Å². The van der Waals surface area contributed by atoms with Gasteiger partial charge >= 0.3 is 5.97 Å². The molecule has 0 heterocycles. The second-order valence-corrected chi connectivity index (χ2v) is 6.54. The number of ether oxygens (including phenoxy) is 1. The summed E-state index contributed by atoms with van der Waals surface area (Å²) in [6, 6.07) is 14.1. The molecule has 25 heavy (non-hydrogen) atoms. The van der Waals surface area contributed by atoms with Gasteiger partial charge in [0.1, 0.15) is 0 Å². The second-order valence-electron chi connectivity index (χ2n) is 6.54. The third-order valence-corrected chi connectivity index (χ3v) is 3.92. The van der Waals surface area contributed by atoms with Crippen molar-refractivity contribution in [2.75, 3.05) is 13.7 Å². The highest BCUT2D eigenvalue weighted by Crippen LogP contribution is 2.18. The quantitative estimate of drug-likeness (QED) is 0.771. The Bertz CT molecular complexity index is 741. The van der Waals surface area contributed by atoms with Crippen LogP contribution in [0.2, 0.25) is 0 Å². The smallest absolute Gasteiger partial charge is 0.310 e. The van der Waals surface area contributed by atoms with Crippen LogP contribution in [0, 0.1) is 5.92 Å². The van der Waals surface area contributed by atoms with E-state index in [2.05, 4.69) is 11.4 Å². The van der Waals surface area contributed by atoms with Crippen molar-refractivity contribution in [2.45, 2.75) is 25.8 Å². The SMILES string of the molecule is COC(=O)C(CNC(=O)C(C)(C)N)Cc1ccc2ccccc2c1.Cl. The molecule has 0 aliphatic carbocycles. The van der Waals surface area contributed by atoms with Gasteiger partial charge in [-0.15, -0.1) is 12.4 Å². The van der Waals surface area contributed by atoms with E-state index in [9.17, 15) is 9.59 Å². The summed E-state index contributed by atoms with van der Waals surface area (Å²) in [5.41, 5.74) is 5.80. The first-order valence-corrected chi connectivity index (χ1v) is 7.94. The molecule has 0 saturated carbocycles. The van der Waals surface area contributed by atoms with Crippen molar-refractivity contribution >= 4 is 35.1 Å². The highest BCUT2D eigenvalue weighted by Gasteiger charge is 2.25. The predicted molar refractivity (Wildman–Crippen MR) is 102 cm³/mol. The number of hydrogen-bond acceptors (Lipinski definition) is 4. The van der Waals surface area contributed by atoms with E-state index in [1.807, 2.05) is 36.4 Å². The molecule has 2 rings (SSSR count). The molecule has 0 saturated heterocycles. The molecule has 0 spiro atoms. The number of amides is 1. The van der Waals surface area contributed by atoms with Gasteiger partial charge in [0, 0.05) is 6.54 Å². The van der Waals surface area contributed by atoms with E-state index in [1.54, 1.807) is 13.8 Å². The molecule has 0 radical (unpaired) electrons. The van der Waals surface area contributed by atoms with Gasteiger partial charge in [0.05, 0.1) is 18.6 Å². The van der Waals surface area contributed by atoms with Gasteiger partial charge in [-0.1, -0.05) is 42.5 Å². The summed E-state index contributed by atoms with van der Waals surface area (Å²) in [5.74, 6) is -1.10. The van der Waals surface area contributed by atoms with E-state index in [-0.39, 0.29) is 30.8 Å². The lowest BCUT2D eigenvalue weighted by atomic mass is 9.96. The Kier molecular flexibility index (Phi) is 7.39. The average Bonchev–Trinajstić information content (AvgIpc) is 2.56. The fourth-order valence-electron chi connectivity index (χ4n) is 2.50. The van der Waals surface area contributed by atoms with Gasteiger partial charge in [-0.05, 0) is 36.6 Å². The van der Waals surface area contributed by atoms with E-state index in [0.717, 1.165) is 16.3 Å². The first kappa shape index (κ1) is 20.9. The van der Waals surface area contributed by atoms with Crippen molar-refractivity contribution in [1.82, 2.24) is 5.32 Å². The van der Waals surface area contributed by atoms with Crippen LogP contribution < -0.4 is 11.1 Å². The lowest BCUT2D eigenvalue weighted by Crippen LogP contribution is -2.50. The largest absolute Gasteiger partial charge is 0.469 e. The summed E-state index contributed by atoms with van der Waals surface area (Å²) in [5, 5.41) is 4.99. The molecule has 0 aliphatic heterocycles. The van der Waals surface area contributed by atoms with Gasteiger partial charge in [-0.2, -0.15) is 0 Å². The maximum Gasteiger partial charge on any atom is 0.310 e. The fourth-order valence-corrected chi connectivity index (χ4v) is 2.50. The van der Waals surface area contributed by atoms with Gasteiger partial charge < -0.3 is 15.8 Å². The number of hydrogen-bond donors (Lipinski definition) is 2. The van der Waals surface area contributed by atoms with Gasteiger partial charge in [0.25, 0.3) is 0 Å². The zero-order valence-electron chi connectivity index (χ0n) is 14.7. The Balaban J connectivity index is 0.00000312. The number of esters is 1. The average molecular weight is 365 g/mol. The molecular formula is C19H25ClN2O3. The monoisotopic (exact) mass is 364 g/mol. The van der Waals surface area contributed by atoms with Crippen LogP contribution in [0.15, 0.2) is 42.5 Å². The summed E-state index contributed by atoms with van der Waals surface area (Å²) in [4.78, 5) is 24.0. The molecule has 0 aromatic heterocycles. The Labute approximate surface area is 154 Å². The van der Waals surface area contributed by atoms with Crippen LogP contribution in [0.25, 0.3) is 10.8 Å². The van der Waals surface area contributed by atoms with Crippen molar-refractivity contribution < 1.29 is 14.3 Å². The molecule has 6 heteroatoms. The summed E-state index contributed by atoms with van der Waals surface area (Å²) in [7, 11) is 1.35. The number of halogens is 1. The third kappa shape index (κ3) is 5.73. The number of methoxy groups -OCH3 is 1. The van der Waals surface area contributed by atoms with E-state index in [1.165, 1.54) is 7.11 Å². The zero-order chi connectivity index (χ0) is 17.7. The van der Waals surface area contributed by atoms with Crippen LogP contribution in [0.5, 0.6) is 0 Å². The van der Waals surface area contributed by atoms with Crippen molar-refractivity contribution in [3.63, 3.8) is 0 Å². The van der Waals surface area contributed by atoms with Crippen LogP contribution in [-0.2, 0) is 20.7 Å². The highest BCUT2D eigenvalue weighted by atomic mass is 35.5. The summed E-state index contributed by atoms with van der Waals surface area (Å²) in [6.45, 7) is 3.44. The first-order chi connectivity index (χ1) is 11.3. The van der Waals surface area contributed by atoms with E-state index < -0.39 is 11.5 Å². The molecule has 0 fully saturated rings. The standard InChI is InChI=1S/C19H24N2O3.ClH/c1-19(2,20)18(23)21-12-16(17(22)24-3)11-13-8-9-14-6-4-5-7-15(14)10-13;/h4-10,16H,11-12,20H2,1-3H3,(H,21,23);1H. The van der Waals surface area contributed by atoms with Gasteiger partial charge in [0.2, 0.25) is 5.91 Å².